The van der Waals surface area contributed by atoms with Crippen molar-refractivity contribution in [2.45, 2.75) is 44.3 Å². The number of hydrogen-bond donors (Lipinski definition) is 2. The fourth-order valence-electron chi connectivity index (χ4n) is 3.04. The van der Waals surface area contributed by atoms with Gasteiger partial charge in [-0.05, 0) is 43.2 Å². The molecule has 1 amide bonds. The van der Waals surface area contributed by atoms with Crippen LogP contribution in [0.1, 0.15) is 48.0 Å². The molecule has 1 aromatic heterocycles. The lowest BCUT2D eigenvalue weighted by Crippen LogP contribution is -2.36. The van der Waals surface area contributed by atoms with Gasteiger partial charge in [-0.25, -0.2) is 4.98 Å². The maximum Gasteiger partial charge on any atom is 0.416 e. The molecule has 1 saturated carbocycles. The van der Waals surface area contributed by atoms with E-state index in [0.29, 0.717) is 11.4 Å². The van der Waals surface area contributed by atoms with Crippen LogP contribution in [-0.2, 0) is 6.18 Å². The van der Waals surface area contributed by atoms with Crippen LogP contribution < -0.4 is 10.6 Å². The van der Waals surface area contributed by atoms with Crippen LogP contribution in [0.4, 0.5) is 24.7 Å². The molecule has 0 atom stereocenters. The molecule has 0 unspecified atom stereocenters. The molecule has 1 aliphatic carbocycles. The Kier molecular flexibility index (Phi) is 5.44. The van der Waals surface area contributed by atoms with E-state index in [9.17, 15) is 18.0 Å². The van der Waals surface area contributed by atoms with Crippen LogP contribution >= 0.6 is 0 Å². The summed E-state index contributed by atoms with van der Waals surface area (Å²) in [6.45, 7) is 0. The highest BCUT2D eigenvalue weighted by Crippen LogP contribution is 2.31. The minimum Gasteiger partial charge on any atom is -0.349 e. The number of pyridine rings is 1. The number of nitrogens with one attached hydrogen (secondary N) is 2. The van der Waals surface area contributed by atoms with Crippen LogP contribution in [0, 0.1) is 0 Å². The van der Waals surface area contributed by atoms with Crippen molar-refractivity contribution in [2.24, 2.45) is 0 Å². The summed E-state index contributed by atoms with van der Waals surface area (Å²) in [4.78, 5) is 16.4. The van der Waals surface area contributed by atoms with E-state index < -0.39 is 11.7 Å². The average Bonchev–Trinajstić information content (AvgIpc) is 2.63. The van der Waals surface area contributed by atoms with Crippen LogP contribution in [0.25, 0.3) is 0 Å². The molecule has 3 rings (SSSR count). The number of benzene rings is 1. The fraction of sp³-hybridized carbons (Fsp3) is 0.368. The molecule has 2 N–H and O–H groups in total. The molecule has 0 aliphatic heterocycles. The molecule has 0 spiro atoms. The Hall–Kier alpha value is -2.57. The Bertz CT molecular complexity index is 753. The Balaban J connectivity index is 1.63. The molecule has 0 radical (unpaired) electrons. The lowest BCUT2D eigenvalue weighted by molar-refractivity contribution is -0.137. The maximum atomic E-state index is 12.8. The van der Waals surface area contributed by atoms with Gasteiger partial charge in [0.1, 0.15) is 5.82 Å². The summed E-state index contributed by atoms with van der Waals surface area (Å²) in [5.41, 5.74) is -0.0112. The monoisotopic (exact) mass is 363 g/mol. The van der Waals surface area contributed by atoms with Crippen molar-refractivity contribution in [3.05, 3.63) is 53.7 Å². The summed E-state index contributed by atoms with van der Waals surface area (Å²) >= 11 is 0. The van der Waals surface area contributed by atoms with Gasteiger partial charge in [0, 0.05) is 17.9 Å². The third-order valence-electron chi connectivity index (χ3n) is 4.43. The van der Waals surface area contributed by atoms with Gasteiger partial charge in [-0.2, -0.15) is 13.2 Å². The van der Waals surface area contributed by atoms with Crippen molar-refractivity contribution < 1.29 is 18.0 Å². The SMILES string of the molecule is O=C(NC1CCCCC1)c1ccc(Nc2cccc(C(F)(F)F)c2)nc1. The average molecular weight is 363 g/mol. The van der Waals surface area contributed by atoms with Crippen LogP contribution in [0.3, 0.4) is 0 Å². The zero-order valence-electron chi connectivity index (χ0n) is 14.1. The smallest absolute Gasteiger partial charge is 0.349 e. The lowest BCUT2D eigenvalue weighted by atomic mass is 9.95. The van der Waals surface area contributed by atoms with E-state index in [2.05, 4.69) is 15.6 Å². The first-order valence-electron chi connectivity index (χ1n) is 8.63. The number of aromatic nitrogens is 1. The second-order valence-electron chi connectivity index (χ2n) is 6.44. The van der Waals surface area contributed by atoms with Gasteiger partial charge in [0.25, 0.3) is 5.91 Å². The Morgan fingerprint density at radius 3 is 2.50 bits per heavy atom. The summed E-state index contributed by atoms with van der Waals surface area (Å²) in [7, 11) is 0. The molecule has 1 aliphatic rings. The molecule has 138 valence electrons. The number of nitrogens with zero attached hydrogens (tertiary/aromatic N) is 1. The van der Waals surface area contributed by atoms with Crippen molar-refractivity contribution in [3.8, 4) is 0 Å². The first-order valence-corrected chi connectivity index (χ1v) is 8.63. The van der Waals surface area contributed by atoms with Crippen molar-refractivity contribution in [1.82, 2.24) is 10.3 Å². The number of anilines is 2. The molecule has 1 fully saturated rings. The molecule has 2 aromatic rings. The standard InChI is InChI=1S/C19H20F3N3O/c20-19(21,22)14-5-4-8-16(11-14)24-17-10-9-13(12-23-17)18(26)25-15-6-2-1-3-7-15/h4-5,8-12,15H,1-3,6-7H2,(H,23,24)(H,25,26). The highest BCUT2D eigenvalue weighted by Gasteiger charge is 2.30. The first-order chi connectivity index (χ1) is 12.4. The molecule has 0 saturated heterocycles. The van der Waals surface area contributed by atoms with Crippen molar-refractivity contribution in [3.63, 3.8) is 0 Å². The van der Waals surface area contributed by atoms with Gasteiger partial charge in [-0.1, -0.05) is 25.3 Å². The zero-order chi connectivity index (χ0) is 18.6. The minimum absolute atomic E-state index is 0.171. The van der Waals surface area contributed by atoms with Gasteiger partial charge in [0.05, 0.1) is 11.1 Å². The second-order valence-corrected chi connectivity index (χ2v) is 6.44. The Labute approximate surface area is 149 Å². The lowest BCUT2D eigenvalue weighted by Gasteiger charge is -2.22. The number of halogens is 3. The number of carbonyl (C=O) groups excluding carboxylic acids is 1. The van der Waals surface area contributed by atoms with Crippen LogP contribution in [0.15, 0.2) is 42.6 Å². The predicted molar refractivity (Wildman–Crippen MR) is 93.3 cm³/mol. The highest BCUT2D eigenvalue weighted by molar-refractivity contribution is 5.94. The Morgan fingerprint density at radius 1 is 1.08 bits per heavy atom. The molecule has 1 aromatic carbocycles. The Morgan fingerprint density at radius 2 is 1.85 bits per heavy atom. The van der Waals surface area contributed by atoms with Gasteiger partial charge in [-0.3, -0.25) is 4.79 Å². The zero-order valence-corrected chi connectivity index (χ0v) is 14.1. The minimum atomic E-state index is -4.40. The molecule has 26 heavy (non-hydrogen) atoms. The molecule has 7 heteroatoms. The quantitative estimate of drug-likeness (QED) is 0.812. The molecular weight excluding hydrogens is 343 g/mol. The van der Waals surface area contributed by atoms with Gasteiger partial charge in [0.15, 0.2) is 0 Å². The van der Waals surface area contributed by atoms with E-state index in [0.717, 1.165) is 37.8 Å². The summed E-state index contributed by atoms with van der Waals surface area (Å²) in [6.07, 6.45) is 2.49. The summed E-state index contributed by atoms with van der Waals surface area (Å²) in [5.74, 6) is 0.202. The van der Waals surface area contributed by atoms with Gasteiger partial charge >= 0.3 is 6.18 Å². The topological polar surface area (TPSA) is 54.0 Å². The highest BCUT2D eigenvalue weighted by atomic mass is 19.4. The number of rotatable bonds is 4. The molecule has 0 bridgehead atoms. The summed E-state index contributed by atoms with van der Waals surface area (Å²) < 4.78 is 38.3. The maximum absolute atomic E-state index is 12.8. The fourth-order valence-corrected chi connectivity index (χ4v) is 3.04. The number of amides is 1. The van der Waals surface area contributed by atoms with E-state index >= 15 is 0 Å². The van der Waals surface area contributed by atoms with E-state index in [-0.39, 0.29) is 17.6 Å². The second kappa shape index (κ2) is 7.76. The largest absolute Gasteiger partial charge is 0.416 e. The van der Waals surface area contributed by atoms with E-state index in [4.69, 9.17) is 0 Å². The first kappa shape index (κ1) is 18.2. The van der Waals surface area contributed by atoms with Crippen LogP contribution in [0.5, 0.6) is 0 Å². The normalized spacial score (nSPS) is 15.5. The van der Waals surface area contributed by atoms with E-state index in [1.165, 1.54) is 24.8 Å². The molecule has 1 heterocycles. The number of hydrogen-bond acceptors (Lipinski definition) is 3. The molecular formula is C19H20F3N3O. The molecule has 4 nitrogen and oxygen atoms in total. The van der Waals surface area contributed by atoms with Gasteiger partial charge in [-0.15, -0.1) is 0 Å². The third kappa shape index (κ3) is 4.74. The number of carbonyl (C=O) groups is 1. The summed E-state index contributed by atoms with van der Waals surface area (Å²) in [5, 5.41) is 5.83. The van der Waals surface area contributed by atoms with Gasteiger partial charge < -0.3 is 10.6 Å². The van der Waals surface area contributed by atoms with E-state index in [1.807, 2.05) is 0 Å². The van der Waals surface area contributed by atoms with E-state index in [1.54, 1.807) is 12.1 Å². The van der Waals surface area contributed by atoms with Crippen molar-refractivity contribution in [1.29, 1.82) is 0 Å². The van der Waals surface area contributed by atoms with Crippen LogP contribution in [0.2, 0.25) is 0 Å². The summed E-state index contributed by atoms with van der Waals surface area (Å²) in [6, 6.07) is 8.29. The number of alkyl halides is 3. The van der Waals surface area contributed by atoms with Gasteiger partial charge in [0.2, 0.25) is 0 Å². The third-order valence-corrected chi connectivity index (χ3v) is 4.43. The predicted octanol–water partition coefficient (Wildman–Crippen LogP) is 4.91. The van der Waals surface area contributed by atoms with Crippen molar-refractivity contribution in [2.75, 3.05) is 5.32 Å². The van der Waals surface area contributed by atoms with Crippen molar-refractivity contribution >= 4 is 17.4 Å². The van der Waals surface area contributed by atoms with Crippen LogP contribution in [-0.4, -0.2) is 16.9 Å².